The van der Waals surface area contributed by atoms with Crippen LogP contribution >= 0.6 is 11.8 Å². The smallest absolute Gasteiger partial charge is 0.229 e. The van der Waals surface area contributed by atoms with Crippen molar-refractivity contribution in [3.63, 3.8) is 0 Å². The van der Waals surface area contributed by atoms with Crippen LogP contribution in [0.1, 0.15) is 33.6 Å². The molecule has 0 aliphatic carbocycles. The summed E-state index contributed by atoms with van der Waals surface area (Å²) in [5, 5.41) is 2.59. The molecule has 0 spiro atoms. The minimum atomic E-state index is -0.572. The van der Waals surface area contributed by atoms with Gasteiger partial charge in [-0.1, -0.05) is 20.8 Å². The molecule has 1 aromatic rings. The normalized spacial score (nSPS) is 17.3. The summed E-state index contributed by atoms with van der Waals surface area (Å²) in [7, 11) is 0. The number of halogens is 2. The van der Waals surface area contributed by atoms with Crippen molar-refractivity contribution in [3.05, 3.63) is 24.0 Å². The number of rotatable bonds is 3. The van der Waals surface area contributed by atoms with Crippen LogP contribution in [0.25, 0.3) is 0 Å². The zero-order valence-electron chi connectivity index (χ0n) is 13.2. The van der Waals surface area contributed by atoms with Crippen LogP contribution in [-0.4, -0.2) is 29.5 Å². The van der Waals surface area contributed by atoms with Crippen LogP contribution in [-0.2, 0) is 4.79 Å². The van der Waals surface area contributed by atoms with E-state index in [0.29, 0.717) is 5.75 Å². The van der Waals surface area contributed by atoms with Crippen LogP contribution in [0.2, 0.25) is 0 Å². The number of anilines is 1. The molecule has 0 bridgehead atoms. The van der Waals surface area contributed by atoms with Gasteiger partial charge in [-0.2, -0.15) is 0 Å². The van der Waals surface area contributed by atoms with E-state index in [9.17, 15) is 9.18 Å². The molecular formula is C16H22ClFN2O2. The Morgan fingerprint density at radius 3 is 2.55 bits per heavy atom. The van der Waals surface area contributed by atoms with E-state index in [1.54, 1.807) is 31.3 Å². The van der Waals surface area contributed by atoms with Gasteiger partial charge in [-0.3, -0.25) is 4.79 Å². The number of hydrogen-bond acceptors (Lipinski definition) is 3. The van der Waals surface area contributed by atoms with Gasteiger partial charge in [0.05, 0.1) is 5.69 Å². The molecule has 1 amide bonds. The number of amides is 1. The highest BCUT2D eigenvalue weighted by Crippen LogP contribution is 2.25. The maximum Gasteiger partial charge on any atom is 0.229 e. The van der Waals surface area contributed by atoms with Crippen LogP contribution in [0, 0.1) is 11.2 Å². The van der Waals surface area contributed by atoms with Gasteiger partial charge in [-0.05, 0) is 36.8 Å². The molecule has 1 heterocycles. The number of nitrogens with one attached hydrogen (secondary N) is 1. The number of ether oxygens (including phenoxy) is 1. The second kappa shape index (κ2) is 6.84. The molecule has 22 heavy (non-hydrogen) atoms. The molecule has 6 heteroatoms. The lowest BCUT2D eigenvalue weighted by Gasteiger charge is -2.27. The molecule has 2 rings (SSSR count). The lowest BCUT2D eigenvalue weighted by Crippen LogP contribution is -2.33. The fourth-order valence-corrected chi connectivity index (χ4v) is 2.31. The molecule has 0 saturated carbocycles. The van der Waals surface area contributed by atoms with Crippen LogP contribution in [0.4, 0.5) is 10.1 Å². The van der Waals surface area contributed by atoms with Crippen molar-refractivity contribution in [2.45, 2.75) is 39.7 Å². The molecule has 0 aromatic heterocycles. The quantitative estimate of drug-likeness (QED) is 0.858. The Hall–Kier alpha value is -1.33. The monoisotopic (exact) mass is 328 g/mol. The van der Waals surface area contributed by atoms with Crippen molar-refractivity contribution in [3.8, 4) is 5.75 Å². The van der Waals surface area contributed by atoms with Gasteiger partial charge in [0.25, 0.3) is 0 Å². The van der Waals surface area contributed by atoms with Gasteiger partial charge >= 0.3 is 0 Å². The lowest BCUT2D eigenvalue weighted by atomic mass is 9.95. The average molecular weight is 329 g/mol. The van der Waals surface area contributed by atoms with Gasteiger partial charge in [0.1, 0.15) is 17.7 Å². The summed E-state index contributed by atoms with van der Waals surface area (Å²) in [4.78, 5) is 11.9. The molecule has 1 aliphatic rings. The SMILES string of the molecule is CC(C)(C)C(=O)Nc1ccc(OC2CCN(Cl)CC2)cc1F. The highest BCUT2D eigenvalue weighted by Gasteiger charge is 2.23. The first-order valence-electron chi connectivity index (χ1n) is 7.44. The van der Waals surface area contributed by atoms with E-state index in [-0.39, 0.29) is 17.7 Å². The van der Waals surface area contributed by atoms with Gasteiger partial charge < -0.3 is 10.1 Å². The number of carbonyl (C=O) groups excluding carboxylic acids is 1. The molecule has 1 aromatic carbocycles. The molecule has 1 aliphatic heterocycles. The zero-order chi connectivity index (χ0) is 16.3. The maximum atomic E-state index is 14.1. The second-order valence-electron chi connectivity index (χ2n) is 6.57. The van der Waals surface area contributed by atoms with E-state index >= 15 is 0 Å². The molecule has 4 nitrogen and oxygen atoms in total. The van der Waals surface area contributed by atoms with Crippen molar-refractivity contribution in [2.24, 2.45) is 5.41 Å². The summed E-state index contributed by atoms with van der Waals surface area (Å²) >= 11 is 5.89. The predicted octanol–water partition coefficient (Wildman–Crippen LogP) is 3.81. The van der Waals surface area contributed by atoms with Crippen molar-refractivity contribution in [1.29, 1.82) is 0 Å². The van der Waals surface area contributed by atoms with Crippen molar-refractivity contribution < 1.29 is 13.9 Å². The summed E-state index contributed by atoms with van der Waals surface area (Å²) in [6, 6.07) is 4.52. The molecule has 1 N–H and O–H groups in total. The van der Waals surface area contributed by atoms with Crippen LogP contribution in [0.3, 0.4) is 0 Å². The highest BCUT2D eigenvalue weighted by molar-refractivity contribution is 6.13. The van der Waals surface area contributed by atoms with Crippen LogP contribution in [0.15, 0.2) is 18.2 Å². The van der Waals surface area contributed by atoms with Gasteiger partial charge in [0.2, 0.25) is 5.91 Å². The Morgan fingerprint density at radius 2 is 2.00 bits per heavy atom. The summed E-state index contributed by atoms with van der Waals surface area (Å²) in [5.41, 5.74) is -0.403. The Morgan fingerprint density at radius 1 is 1.36 bits per heavy atom. The molecule has 1 fully saturated rings. The average Bonchev–Trinajstić information content (AvgIpc) is 2.43. The Bertz CT molecular complexity index is 537. The number of nitrogens with zero attached hydrogens (tertiary/aromatic N) is 1. The van der Waals surface area contributed by atoms with Gasteiger partial charge in [0, 0.05) is 24.6 Å². The van der Waals surface area contributed by atoms with Crippen molar-refractivity contribution >= 4 is 23.4 Å². The Kier molecular flexibility index (Phi) is 5.29. The summed E-state index contributed by atoms with van der Waals surface area (Å²) in [6.07, 6.45) is 1.67. The van der Waals surface area contributed by atoms with Crippen LogP contribution in [0.5, 0.6) is 5.75 Å². The fraction of sp³-hybridized carbons (Fsp3) is 0.562. The predicted molar refractivity (Wildman–Crippen MR) is 85.6 cm³/mol. The van der Waals surface area contributed by atoms with Crippen molar-refractivity contribution in [1.82, 2.24) is 4.42 Å². The minimum Gasteiger partial charge on any atom is -0.490 e. The third-order valence-electron chi connectivity index (χ3n) is 3.56. The molecule has 122 valence electrons. The standard InChI is InChI=1S/C16H22ClFN2O2/c1-16(2,3)15(21)19-14-5-4-12(10-13(14)18)22-11-6-8-20(17)9-7-11/h4-5,10-11H,6-9H2,1-3H3,(H,19,21). The fourth-order valence-electron chi connectivity index (χ4n) is 2.11. The van der Waals surface area contributed by atoms with E-state index in [4.69, 9.17) is 16.5 Å². The van der Waals surface area contributed by atoms with Crippen molar-refractivity contribution in [2.75, 3.05) is 18.4 Å². The Balaban J connectivity index is 1.99. The van der Waals surface area contributed by atoms with E-state index in [1.165, 1.54) is 12.1 Å². The largest absolute Gasteiger partial charge is 0.490 e. The number of benzene rings is 1. The number of hydrogen-bond donors (Lipinski definition) is 1. The minimum absolute atomic E-state index is 0.0458. The number of carbonyl (C=O) groups is 1. The first-order valence-corrected chi connectivity index (χ1v) is 7.78. The Labute approximate surface area is 135 Å². The molecule has 0 radical (unpaired) electrons. The van der Waals surface area contributed by atoms with Gasteiger partial charge in [-0.25, -0.2) is 8.81 Å². The molecule has 0 unspecified atom stereocenters. The van der Waals surface area contributed by atoms with Gasteiger partial charge in [-0.15, -0.1) is 0 Å². The summed E-state index contributed by atoms with van der Waals surface area (Å²) in [6.45, 7) is 6.85. The lowest BCUT2D eigenvalue weighted by molar-refractivity contribution is -0.123. The topological polar surface area (TPSA) is 41.6 Å². The third-order valence-corrected chi connectivity index (χ3v) is 3.90. The van der Waals surface area contributed by atoms with E-state index in [0.717, 1.165) is 25.9 Å². The second-order valence-corrected chi connectivity index (χ2v) is 7.05. The van der Waals surface area contributed by atoms with Crippen LogP contribution < -0.4 is 10.1 Å². The van der Waals surface area contributed by atoms with E-state index in [1.807, 2.05) is 0 Å². The third kappa shape index (κ3) is 4.58. The molecule has 1 saturated heterocycles. The first kappa shape index (κ1) is 17.0. The first-order chi connectivity index (χ1) is 10.3. The molecule has 0 atom stereocenters. The zero-order valence-corrected chi connectivity index (χ0v) is 13.9. The van der Waals surface area contributed by atoms with Gasteiger partial charge in [0.15, 0.2) is 0 Å². The maximum absolute atomic E-state index is 14.1. The number of piperidine rings is 1. The molecular weight excluding hydrogens is 307 g/mol. The van der Waals surface area contributed by atoms with E-state index in [2.05, 4.69) is 5.32 Å². The summed E-state index contributed by atoms with van der Waals surface area (Å²) in [5.74, 6) is -0.251. The summed E-state index contributed by atoms with van der Waals surface area (Å²) < 4.78 is 21.6. The van der Waals surface area contributed by atoms with E-state index < -0.39 is 11.2 Å². The highest BCUT2D eigenvalue weighted by atomic mass is 35.5.